The molecule has 2 N–H and O–H groups in total. The van der Waals surface area contributed by atoms with Gasteiger partial charge in [0.05, 0.1) is 22.7 Å². The molecule has 0 atom stereocenters. The van der Waals surface area contributed by atoms with E-state index in [1.54, 1.807) is 6.07 Å². The lowest BCUT2D eigenvalue weighted by atomic mass is 10.1. The zero-order valence-electron chi connectivity index (χ0n) is 14.9. The van der Waals surface area contributed by atoms with Crippen LogP contribution in [0.15, 0.2) is 53.4 Å². The van der Waals surface area contributed by atoms with Gasteiger partial charge in [0.15, 0.2) is 0 Å². The van der Waals surface area contributed by atoms with Gasteiger partial charge in [0.2, 0.25) is 0 Å². The first kappa shape index (κ1) is 20.8. The third kappa shape index (κ3) is 4.61. The van der Waals surface area contributed by atoms with Gasteiger partial charge in [0.1, 0.15) is 18.2 Å². The number of hydrogen-bond acceptors (Lipinski definition) is 5. The second-order valence-corrected chi connectivity index (χ2v) is 8.14. The molecular weight excluding hydrogens is 378 g/mol. The molecule has 27 heavy (non-hydrogen) atoms. The van der Waals surface area contributed by atoms with Gasteiger partial charge in [-0.25, -0.2) is 17.2 Å². The lowest BCUT2D eigenvalue weighted by Crippen LogP contribution is -2.52. The standard InChI is InChI=1S/C18H20F2N2O4S/c1-18(2,12-26-17(23)11-21)22(16-9-8-13(19)10-15(16)20)27(24,25)14-6-4-3-5-7-14/h3-10H,11-12,21H2,1-2H3. The fourth-order valence-corrected chi connectivity index (χ4v) is 4.32. The van der Waals surface area contributed by atoms with Crippen LogP contribution >= 0.6 is 0 Å². The topological polar surface area (TPSA) is 89.7 Å². The number of benzene rings is 2. The molecule has 2 rings (SSSR count). The normalized spacial score (nSPS) is 11.9. The molecule has 0 heterocycles. The number of anilines is 1. The Morgan fingerprint density at radius 2 is 1.78 bits per heavy atom. The predicted molar refractivity (Wildman–Crippen MR) is 96.6 cm³/mol. The van der Waals surface area contributed by atoms with Gasteiger partial charge < -0.3 is 10.5 Å². The molecule has 0 aliphatic carbocycles. The van der Waals surface area contributed by atoms with Crippen molar-refractivity contribution in [3.63, 3.8) is 0 Å². The summed E-state index contributed by atoms with van der Waals surface area (Å²) in [5.74, 6) is -2.65. The van der Waals surface area contributed by atoms with Gasteiger partial charge >= 0.3 is 5.97 Å². The van der Waals surface area contributed by atoms with Gasteiger partial charge in [-0.2, -0.15) is 0 Å². The summed E-state index contributed by atoms with van der Waals surface area (Å²) in [4.78, 5) is 11.3. The Kier molecular flexibility index (Phi) is 6.17. The number of halogens is 2. The Bertz CT molecular complexity index is 918. The van der Waals surface area contributed by atoms with Crippen LogP contribution in [0.5, 0.6) is 0 Å². The average molecular weight is 398 g/mol. The Hall–Kier alpha value is -2.52. The molecule has 0 aliphatic rings. The molecule has 0 spiro atoms. The van der Waals surface area contributed by atoms with Crippen LogP contribution in [0.1, 0.15) is 13.8 Å². The van der Waals surface area contributed by atoms with Crippen LogP contribution in [0.2, 0.25) is 0 Å². The Morgan fingerprint density at radius 1 is 1.15 bits per heavy atom. The number of nitrogens with zero attached hydrogens (tertiary/aromatic N) is 1. The van der Waals surface area contributed by atoms with E-state index in [1.807, 2.05) is 0 Å². The van der Waals surface area contributed by atoms with Crippen LogP contribution in [0.3, 0.4) is 0 Å². The van der Waals surface area contributed by atoms with E-state index in [0.717, 1.165) is 16.4 Å². The number of hydrogen-bond donors (Lipinski definition) is 1. The molecule has 0 unspecified atom stereocenters. The molecule has 0 saturated carbocycles. The van der Waals surface area contributed by atoms with Crippen LogP contribution in [0.4, 0.5) is 14.5 Å². The first-order valence-corrected chi connectivity index (χ1v) is 9.45. The molecule has 0 aromatic heterocycles. The molecule has 2 aromatic rings. The molecule has 0 amide bonds. The van der Waals surface area contributed by atoms with Crippen molar-refractivity contribution in [1.82, 2.24) is 0 Å². The fourth-order valence-electron chi connectivity index (χ4n) is 2.50. The van der Waals surface area contributed by atoms with Crippen molar-refractivity contribution < 1.29 is 26.7 Å². The molecule has 2 aromatic carbocycles. The first-order valence-electron chi connectivity index (χ1n) is 8.01. The van der Waals surface area contributed by atoms with Gasteiger partial charge in [0.25, 0.3) is 10.0 Å². The van der Waals surface area contributed by atoms with E-state index in [9.17, 15) is 22.0 Å². The Balaban J connectivity index is 2.60. The van der Waals surface area contributed by atoms with E-state index >= 15 is 0 Å². The van der Waals surface area contributed by atoms with Gasteiger partial charge in [-0.1, -0.05) is 18.2 Å². The molecule has 0 fully saturated rings. The summed E-state index contributed by atoms with van der Waals surface area (Å²) in [5.41, 5.74) is 3.44. The van der Waals surface area contributed by atoms with Crippen LogP contribution in [0.25, 0.3) is 0 Å². The minimum atomic E-state index is -4.25. The third-order valence-corrected chi connectivity index (χ3v) is 5.75. The first-order chi connectivity index (χ1) is 12.6. The molecule has 0 bridgehead atoms. The summed E-state index contributed by atoms with van der Waals surface area (Å²) in [6.07, 6.45) is 0. The van der Waals surface area contributed by atoms with Gasteiger partial charge in [0, 0.05) is 6.07 Å². The highest BCUT2D eigenvalue weighted by Gasteiger charge is 2.40. The summed E-state index contributed by atoms with van der Waals surface area (Å²) in [6.45, 7) is 2.15. The SMILES string of the molecule is CC(C)(COC(=O)CN)N(c1ccc(F)cc1F)S(=O)(=O)c1ccccc1. The highest BCUT2D eigenvalue weighted by Crippen LogP contribution is 2.33. The van der Waals surface area contributed by atoms with E-state index in [2.05, 4.69) is 0 Å². The van der Waals surface area contributed by atoms with Crippen molar-refractivity contribution in [3.05, 3.63) is 60.2 Å². The van der Waals surface area contributed by atoms with E-state index < -0.39 is 33.2 Å². The van der Waals surface area contributed by atoms with Crippen molar-refractivity contribution in [1.29, 1.82) is 0 Å². The lowest BCUT2D eigenvalue weighted by molar-refractivity contribution is -0.143. The zero-order valence-corrected chi connectivity index (χ0v) is 15.7. The monoisotopic (exact) mass is 398 g/mol. The maximum Gasteiger partial charge on any atom is 0.319 e. The van der Waals surface area contributed by atoms with Crippen molar-refractivity contribution in [2.75, 3.05) is 17.5 Å². The fraction of sp³-hybridized carbons (Fsp3) is 0.278. The largest absolute Gasteiger partial charge is 0.462 e. The molecule has 9 heteroatoms. The van der Waals surface area contributed by atoms with Crippen molar-refractivity contribution in [3.8, 4) is 0 Å². The summed E-state index contributed by atoms with van der Waals surface area (Å²) >= 11 is 0. The minimum absolute atomic E-state index is 0.0908. The molecule has 0 aliphatic heterocycles. The van der Waals surface area contributed by atoms with E-state index in [1.165, 1.54) is 38.1 Å². The van der Waals surface area contributed by atoms with Gasteiger partial charge in [-0.15, -0.1) is 0 Å². The summed E-state index contributed by atoms with van der Waals surface area (Å²) < 4.78 is 60.0. The summed E-state index contributed by atoms with van der Waals surface area (Å²) in [5, 5.41) is 0. The van der Waals surface area contributed by atoms with Crippen molar-refractivity contribution in [2.45, 2.75) is 24.3 Å². The number of esters is 1. The quantitative estimate of drug-likeness (QED) is 0.724. The number of ether oxygens (including phenoxy) is 1. The summed E-state index contributed by atoms with van der Waals surface area (Å²) in [6, 6.07) is 9.95. The molecule has 146 valence electrons. The number of carbonyl (C=O) groups excluding carboxylic acids is 1. The molecule has 6 nitrogen and oxygen atoms in total. The maximum absolute atomic E-state index is 14.5. The van der Waals surface area contributed by atoms with Crippen LogP contribution in [0, 0.1) is 11.6 Å². The second kappa shape index (κ2) is 8.01. The smallest absolute Gasteiger partial charge is 0.319 e. The minimum Gasteiger partial charge on any atom is -0.462 e. The van der Waals surface area contributed by atoms with Crippen molar-refractivity contribution >= 4 is 21.7 Å². The number of carbonyl (C=O) groups is 1. The maximum atomic E-state index is 14.5. The van der Waals surface area contributed by atoms with Crippen LogP contribution < -0.4 is 10.0 Å². The van der Waals surface area contributed by atoms with E-state index in [4.69, 9.17) is 10.5 Å². The van der Waals surface area contributed by atoms with Crippen LogP contribution in [-0.2, 0) is 19.6 Å². The number of nitrogens with two attached hydrogens (primary N) is 1. The van der Waals surface area contributed by atoms with Gasteiger partial charge in [-0.3, -0.25) is 9.10 Å². The molecule has 0 saturated heterocycles. The molecule has 0 radical (unpaired) electrons. The number of sulfonamides is 1. The van der Waals surface area contributed by atoms with E-state index in [0.29, 0.717) is 6.07 Å². The third-order valence-electron chi connectivity index (χ3n) is 3.71. The second-order valence-electron chi connectivity index (χ2n) is 6.36. The Labute approximate surface area is 156 Å². The van der Waals surface area contributed by atoms with Gasteiger partial charge in [-0.05, 0) is 38.1 Å². The van der Waals surface area contributed by atoms with Crippen LogP contribution in [-0.4, -0.2) is 33.1 Å². The van der Waals surface area contributed by atoms with E-state index in [-0.39, 0.29) is 23.7 Å². The highest BCUT2D eigenvalue weighted by atomic mass is 32.2. The predicted octanol–water partition coefficient (Wildman–Crippen LogP) is 2.44. The lowest BCUT2D eigenvalue weighted by Gasteiger charge is -2.38. The Morgan fingerprint density at radius 3 is 2.33 bits per heavy atom. The van der Waals surface area contributed by atoms with Crippen molar-refractivity contribution in [2.24, 2.45) is 5.73 Å². The zero-order chi connectivity index (χ0) is 20.2. The number of rotatable bonds is 7. The highest BCUT2D eigenvalue weighted by molar-refractivity contribution is 7.93. The molecular formula is C18H20F2N2O4S. The summed E-state index contributed by atoms with van der Waals surface area (Å²) in [7, 11) is -4.25. The average Bonchev–Trinajstić information content (AvgIpc) is 2.62.